The maximum Gasteiger partial charge on any atom is 0.453 e. The van der Waals surface area contributed by atoms with E-state index < -0.39 is 17.9 Å². The molecule has 6 nitrogen and oxygen atoms in total. The van der Waals surface area contributed by atoms with Crippen molar-refractivity contribution >= 4 is 5.95 Å². The van der Waals surface area contributed by atoms with E-state index in [1.165, 1.54) is 6.20 Å². The lowest BCUT2D eigenvalue weighted by molar-refractivity contribution is -0.144. The number of hydrogen-bond donors (Lipinski definition) is 1. The highest BCUT2D eigenvalue weighted by Crippen LogP contribution is 2.27. The van der Waals surface area contributed by atoms with E-state index in [9.17, 15) is 13.2 Å². The van der Waals surface area contributed by atoms with E-state index in [1.807, 2.05) is 30.3 Å². The first-order valence-corrected chi connectivity index (χ1v) is 6.59. The van der Waals surface area contributed by atoms with Crippen molar-refractivity contribution in [1.29, 1.82) is 0 Å². The Morgan fingerprint density at radius 2 is 1.83 bits per heavy atom. The SMILES string of the molecule is Nc1nc(C(F)(F)F)nn1-c1cc(Cc2ccccc2)cnn1. The number of hydrogen-bond acceptors (Lipinski definition) is 5. The molecule has 3 aromatic rings. The van der Waals surface area contributed by atoms with Gasteiger partial charge in [-0.05, 0) is 23.6 Å². The van der Waals surface area contributed by atoms with Gasteiger partial charge in [0.15, 0.2) is 5.82 Å². The Morgan fingerprint density at radius 3 is 2.48 bits per heavy atom. The van der Waals surface area contributed by atoms with Crippen LogP contribution in [0.1, 0.15) is 17.0 Å². The van der Waals surface area contributed by atoms with Crippen LogP contribution in [0.4, 0.5) is 19.1 Å². The van der Waals surface area contributed by atoms with Crippen LogP contribution in [-0.4, -0.2) is 25.0 Å². The lowest BCUT2D eigenvalue weighted by atomic mass is 10.1. The molecule has 9 heteroatoms. The zero-order chi connectivity index (χ0) is 16.4. The first-order valence-electron chi connectivity index (χ1n) is 6.59. The van der Waals surface area contributed by atoms with E-state index >= 15 is 0 Å². The summed E-state index contributed by atoms with van der Waals surface area (Å²) in [6.45, 7) is 0. The topological polar surface area (TPSA) is 82.5 Å². The zero-order valence-corrected chi connectivity index (χ0v) is 11.7. The highest BCUT2D eigenvalue weighted by Gasteiger charge is 2.37. The molecule has 0 fully saturated rings. The number of anilines is 1. The molecule has 0 unspecified atom stereocenters. The fraction of sp³-hybridized carbons (Fsp3) is 0.143. The third-order valence-corrected chi connectivity index (χ3v) is 3.05. The molecule has 2 aromatic heterocycles. The number of alkyl halides is 3. The second kappa shape index (κ2) is 5.67. The molecule has 0 spiro atoms. The van der Waals surface area contributed by atoms with E-state index in [1.54, 1.807) is 6.07 Å². The van der Waals surface area contributed by atoms with Crippen LogP contribution >= 0.6 is 0 Å². The molecule has 3 rings (SSSR count). The molecule has 0 amide bonds. The van der Waals surface area contributed by atoms with E-state index in [0.29, 0.717) is 6.42 Å². The second-order valence-electron chi connectivity index (χ2n) is 4.79. The van der Waals surface area contributed by atoms with E-state index in [0.717, 1.165) is 15.8 Å². The summed E-state index contributed by atoms with van der Waals surface area (Å²) in [5, 5.41) is 10.9. The van der Waals surface area contributed by atoms with Gasteiger partial charge in [0.25, 0.3) is 5.82 Å². The second-order valence-corrected chi connectivity index (χ2v) is 4.79. The average Bonchev–Trinajstić information content (AvgIpc) is 2.91. The number of nitrogen functional groups attached to an aromatic ring is 1. The number of benzene rings is 1. The first-order chi connectivity index (χ1) is 10.9. The molecule has 2 heterocycles. The summed E-state index contributed by atoms with van der Waals surface area (Å²) in [6, 6.07) is 11.1. The molecule has 118 valence electrons. The van der Waals surface area contributed by atoms with Crippen LogP contribution in [0.25, 0.3) is 5.82 Å². The van der Waals surface area contributed by atoms with Gasteiger partial charge in [0, 0.05) is 0 Å². The van der Waals surface area contributed by atoms with Gasteiger partial charge in [0.1, 0.15) is 0 Å². The van der Waals surface area contributed by atoms with E-state index in [2.05, 4.69) is 20.3 Å². The maximum absolute atomic E-state index is 12.6. The van der Waals surface area contributed by atoms with Crippen molar-refractivity contribution in [3.05, 3.63) is 59.5 Å². The van der Waals surface area contributed by atoms with Crippen molar-refractivity contribution < 1.29 is 13.2 Å². The van der Waals surface area contributed by atoms with Crippen LogP contribution in [0.3, 0.4) is 0 Å². The van der Waals surface area contributed by atoms with Gasteiger partial charge in [0.2, 0.25) is 5.95 Å². The first kappa shape index (κ1) is 14.9. The Hall–Kier alpha value is -2.97. The molecule has 0 atom stereocenters. The lowest BCUT2D eigenvalue weighted by Crippen LogP contribution is -2.09. The summed E-state index contributed by atoms with van der Waals surface area (Å²) in [4.78, 5) is 3.21. The third-order valence-electron chi connectivity index (χ3n) is 3.05. The molecule has 0 bridgehead atoms. The predicted molar refractivity (Wildman–Crippen MR) is 75.6 cm³/mol. The molecule has 0 aliphatic carbocycles. The summed E-state index contributed by atoms with van der Waals surface area (Å²) < 4.78 is 38.7. The smallest absolute Gasteiger partial charge is 0.368 e. The van der Waals surface area contributed by atoms with Crippen molar-refractivity contribution in [3.63, 3.8) is 0 Å². The number of nitrogens with zero attached hydrogens (tertiary/aromatic N) is 5. The van der Waals surface area contributed by atoms with Crippen LogP contribution in [0.2, 0.25) is 0 Å². The minimum absolute atomic E-state index is 0.0823. The van der Waals surface area contributed by atoms with E-state index in [4.69, 9.17) is 5.73 Å². The molecule has 23 heavy (non-hydrogen) atoms. The fourth-order valence-electron chi connectivity index (χ4n) is 2.04. The number of aromatic nitrogens is 5. The average molecular weight is 320 g/mol. The normalized spacial score (nSPS) is 11.6. The summed E-state index contributed by atoms with van der Waals surface area (Å²) >= 11 is 0. The van der Waals surface area contributed by atoms with Crippen LogP contribution in [0.5, 0.6) is 0 Å². The molecular weight excluding hydrogens is 309 g/mol. The summed E-state index contributed by atoms with van der Waals surface area (Å²) in [6.07, 6.45) is -2.58. The molecule has 0 saturated carbocycles. The third kappa shape index (κ3) is 3.28. The summed E-state index contributed by atoms with van der Waals surface area (Å²) in [5.74, 6) is -1.63. The largest absolute Gasteiger partial charge is 0.453 e. The van der Waals surface area contributed by atoms with Crippen LogP contribution in [-0.2, 0) is 12.6 Å². The fourth-order valence-corrected chi connectivity index (χ4v) is 2.04. The molecule has 0 aliphatic rings. The highest BCUT2D eigenvalue weighted by atomic mass is 19.4. The Bertz CT molecular complexity index is 813. The summed E-state index contributed by atoms with van der Waals surface area (Å²) in [5.41, 5.74) is 7.30. The number of nitrogens with two attached hydrogens (primary N) is 1. The van der Waals surface area contributed by atoms with Crippen LogP contribution in [0, 0.1) is 0 Å². The zero-order valence-electron chi connectivity index (χ0n) is 11.7. The predicted octanol–water partition coefficient (Wildman–Crippen LogP) is 2.25. The van der Waals surface area contributed by atoms with Crippen molar-refractivity contribution in [2.24, 2.45) is 0 Å². The van der Waals surface area contributed by atoms with Gasteiger partial charge < -0.3 is 5.73 Å². The molecule has 0 aliphatic heterocycles. The van der Waals surface area contributed by atoms with Crippen LogP contribution < -0.4 is 5.73 Å². The van der Waals surface area contributed by atoms with Gasteiger partial charge >= 0.3 is 6.18 Å². The lowest BCUT2D eigenvalue weighted by Gasteiger charge is -2.04. The van der Waals surface area contributed by atoms with Crippen molar-refractivity contribution in [2.45, 2.75) is 12.6 Å². The Labute approximate surface area is 128 Å². The van der Waals surface area contributed by atoms with Gasteiger partial charge in [-0.25, -0.2) is 0 Å². The van der Waals surface area contributed by atoms with Crippen LogP contribution in [0.15, 0.2) is 42.6 Å². The van der Waals surface area contributed by atoms with Crippen molar-refractivity contribution in [1.82, 2.24) is 25.0 Å². The Kier molecular flexibility index (Phi) is 3.68. The quantitative estimate of drug-likeness (QED) is 0.800. The van der Waals surface area contributed by atoms with Crippen molar-refractivity contribution in [3.8, 4) is 5.82 Å². The number of halogens is 3. The minimum atomic E-state index is -4.67. The van der Waals surface area contributed by atoms with Gasteiger partial charge in [0.05, 0.1) is 6.20 Å². The molecular formula is C14H11F3N6. The van der Waals surface area contributed by atoms with Gasteiger partial charge in [-0.15, -0.1) is 10.2 Å². The molecule has 0 radical (unpaired) electrons. The Morgan fingerprint density at radius 1 is 1.09 bits per heavy atom. The van der Waals surface area contributed by atoms with Crippen molar-refractivity contribution in [2.75, 3.05) is 5.73 Å². The number of rotatable bonds is 3. The standard InChI is InChI=1S/C14H11F3N6/c15-14(16,17)12-20-13(18)23(22-12)11-7-10(8-19-21-11)6-9-4-2-1-3-5-9/h1-5,7-8H,6H2,(H2,18,20,22). The molecule has 1 aromatic carbocycles. The van der Waals surface area contributed by atoms with Gasteiger partial charge in [-0.1, -0.05) is 30.3 Å². The minimum Gasteiger partial charge on any atom is -0.368 e. The van der Waals surface area contributed by atoms with Gasteiger partial charge in [-0.3, -0.25) is 0 Å². The monoisotopic (exact) mass is 320 g/mol. The van der Waals surface area contributed by atoms with E-state index in [-0.39, 0.29) is 5.82 Å². The highest BCUT2D eigenvalue weighted by molar-refractivity contribution is 5.34. The molecule has 2 N–H and O–H groups in total. The Balaban J connectivity index is 1.93. The maximum atomic E-state index is 12.6. The molecule has 0 saturated heterocycles. The summed E-state index contributed by atoms with van der Waals surface area (Å²) in [7, 11) is 0. The van der Waals surface area contributed by atoms with Gasteiger partial charge in [-0.2, -0.15) is 27.9 Å².